The molecule has 2 aromatic carbocycles. The van der Waals surface area contributed by atoms with E-state index in [1.807, 2.05) is 19.1 Å². The molecule has 7 nitrogen and oxygen atoms in total. The number of pyridine rings is 1. The van der Waals surface area contributed by atoms with Gasteiger partial charge >= 0.3 is 5.97 Å². The molecule has 0 N–H and O–H groups in total. The van der Waals surface area contributed by atoms with Gasteiger partial charge in [-0.05, 0) is 37.1 Å². The lowest BCUT2D eigenvalue weighted by molar-refractivity contribution is -0.384. The van der Waals surface area contributed by atoms with Crippen molar-refractivity contribution in [3.63, 3.8) is 0 Å². The molecule has 0 atom stereocenters. The van der Waals surface area contributed by atoms with Gasteiger partial charge in [0.15, 0.2) is 0 Å². The van der Waals surface area contributed by atoms with E-state index in [-0.39, 0.29) is 16.8 Å². The fourth-order valence-electron chi connectivity index (χ4n) is 3.00. The molecule has 1 heterocycles. The van der Waals surface area contributed by atoms with Crippen LogP contribution in [-0.2, 0) is 4.74 Å². The molecule has 0 amide bonds. The summed E-state index contributed by atoms with van der Waals surface area (Å²) in [5, 5.41) is 11.8. The van der Waals surface area contributed by atoms with Crippen LogP contribution in [0.1, 0.15) is 21.5 Å². The van der Waals surface area contributed by atoms with Crippen molar-refractivity contribution in [2.75, 3.05) is 7.11 Å². The van der Waals surface area contributed by atoms with E-state index in [4.69, 9.17) is 4.74 Å². The van der Waals surface area contributed by atoms with Crippen molar-refractivity contribution in [2.45, 2.75) is 13.8 Å². The van der Waals surface area contributed by atoms with Gasteiger partial charge in [-0.1, -0.05) is 12.1 Å². The summed E-state index contributed by atoms with van der Waals surface area (Å²) in [4.78, 5) is 35.7. The van der Waals surface area contributed by atoms with E-state index in [0.717, 1.165) is 11.1 Å². The highest BCUT2D eigenvalue weighted by molar-refractivity contribution is 6.06. The molecular weight excluding hydrogens is 336 g/mol. The van der Waals surface area contributed by atoms with Crippen LogP contribution in [0.4, 0.5) is 5.69 Å². The molecule has 0 unspecified atom stereocenters. The smallest absolute Gasteiger partial charge is 0.340 e. The summed E-state index contributed by atoms with van der Waals surface area (Å²) >= 11 is 0. The Kier molecular flexibility index (Phi) is 4.29. The zero-order valence-electron chi connectivity index (χ0n) is 14.5. The van der Waals surface area contributed by atoms with E-state index < -0.39 is 10.9 Å². The zero-order valence-corrected chi connectivity index (χ0v) is 14.5. The van der Waals surface area contributed by atoms with Gasteiger partial charge < -0.3 is 4.74 Å². The minimum absolute atomic E-state index is 0.0807. The van der Waals surface area contributed by atoms with E-state index >= 15 is 0 Å². The van der Waals surface area contributed by atoms with E-state index in [2.05, 4.69) is 0 Å². The molecule has 0 aliphatic rings. The van der Waals surface area contributed by atoms with Crippen LogP contribution >= 0.6 is 0 Å². The standard InChI is InChI=1S/C19H16N2O5/c1-11-4-5-12(2)17-16(11)15(19(23)26-3)10-20(18(17)22)13-6-8-14(9-7-13)21(24)25/h4-10H,1-3H3. The van der Waals surface area contributed by atoms with Gasteiger partial charge in [0.1, 0.15) is 0 Å². The van der Waals surface area contributed by atoms with Crippen molar-refractivity contribution in [3.05, 3.63) is 79.8 Å². The number of carbonyl (C=O) groups is 1. The summed E-state index contributed by atoms with van der Waals surface area (Å²) in [5.74, 6) is -0.556. The number of nitro groups is 1. The SMILES string of the molecule is COC(=O)c1cn(-c2ccc([N+](=O)[O-])cc2)c(=O)c2c(C)ccc(C)c12. The Hall–Kier alpha value is -3.48. The molecule has 0 aliphatic carbocycles. The zero-order chi connectivity index (χ0) is 19.0. The Morgan fingerprint density at radius 1 is 1.04 bits per heavy atom. The summed E-state index contributed by atoms with van der Waals surface area (Å²) in [5.41, 5.74) is 1.83. The van der Waals surface area contributed by atoms with Crippen LogP contribution in [0.15, 0.2) is 47.4 Å². The maximum absolute atomic E-state index is 13.1. The summed E-state index contributed by atoms with van der Waals surface area (Å²) < 4.78 is 6.19. The Balaban J connectivity index is 2.38. The first-order chi connectivity index (χ1) is 12.3. The predicted octanol–water partition coefficient (Wildman–Crippen LogP) is 3.30. The third-order valence-electron chi connectivity index (χ3n) is 4.33. The number of nitrogens with zero attached hydrogens (tertiary/aromatic N) is 2. The predicted molar refractivity (Wildman–Crippen MR) is 97.0 cm³/mol. The van der Waals surface area contributed by atoms with Crippen molar-refractivity contribution in [1.82, 2.24) is 4.57 Å². The molecule has 1 aromatic heterocycles. The number of aryl methyl sites for hydroxylation is 2. The number of rotatable bonds is 3. The first-order valence-electron chi connectivity index (χ1n) is 7.84. The van der Waals surface area contributed by atoms with Gasteiger partial charge in [-0.3, -0.25) is 19.5 Å². The van der Waals surface area contributed by atoms with Crippen LogP contribution < -0.4 is 5.56 Å². The number of methoxy groups -OCH3 is 1. The second kappa shape index (κ2) is 6.44. The van der Waals surface area contributed by atoms with Gasteiger partial charge in [-0.25, -0.2) is 4.79 Å². The third-order valence-corrected chi connectivity index (χ3v) is 4.33. The number of esters is 1. The average molecular weight is 352 g/mol. The van der Waals surface area contributed by atoms with Crippen LogP contribution in [0.5, 0.6) is 0 Å². The third kappa shape index (κ3) is 2.73. The fourth-order valence-corrected chi connectivity index (χ4v) is 3.00. The number of hydrogen-bond acceptors (Lipinski definition) is 5. The first kappa shape index (κ1) is 17.3. The minimum atomic E-state index is -0.556. The molecule has 0 radical (unpaired) electrons. The highest BCUT2D eigenvalue weighted by atomic mass is 16.6. The Bertz CT molecular complexity index is 1100. The number of nitro benzene ring substituents is 1. The van der Waals surface area contributed by atoms with Crippen molar-refractivity contribution in [3.8, 4) is 5.69 Å². The lowest BCUT2D eigenvalue weighted by Gasteiger charge is -2.14. The van der Waals surface area contributed by atoms with Gasteiger partial charge in [0.25, 0.3) is 11.2 Å². The molecule has 26 heavy (non-hydrogen) atoms. The number of non-ortho nitro benzene ring substituents is 1. The second-order valence-electron chi connectivity index (χ2n) is 5.93. The van der Waals surface area contributed by atoms with E-state index in [1.54, 1.807) is 6.92 Å². The molecule has 7 heteroatoms. The molecule has 3 aromatic rings. The Morgan fingerprint density at radius 3 is 2.15 bits per heavy atom. The first-order valence-corrected chi connectivity index (χ1v) is 7.84. The summed E-state index contributed by atoms with van der Waals surface area (Å²) in [6.07, 6.45) is 1.42. The number of fused-ring (bicyclic) bond motifs is 1. The molecule has 0 fully saturated rings. The quantitative estimate of drug-likeness (QED) is 0.410. The van der Waals surface area contributed by atoms with E-state index in [9.17, 15) is 19.7 Å². The van der Waals surface area contributed by atoms with Gasteiger partial charge in [0.05, 0.1) is 23.0 Å². The summed E-state index contributed by atoms with van der Waals surface area (Å²) in [7, 11) is 1.28. The number of benzene rings is 2. The number of aromatic nitrogens is 1. The van der Waals surface area contributed by atoms with Crippen LogP contribution in [0.3, 0.4) is 0 Å². The van der Waals surface area contributed by atoms with Crippen LogP contribution in [0.2, 0.25) is 0 Å². The Labute approximate surface area is 148 Å². The normalized spacial score (nSPS) is 10.7. The maximum atomic E-state index is 13.1. The van der Waals surface area contributed by atoms with E-state index in [1.165, 1.54) is 42.1 Å². The highest BCUT2D eigenvalue weighted by Gasteiger charge is 2.19. The van der Waals surface area contributed by atoms with Crippen molar-refractivity contribution >= 4 is 22.4 Å². The molecular formula is C19H16N2O5. The maximum Gasteiger partial charge on any atom is 0.340 e. The molecule has 3 rings (SSSR count). The van der Waals surface area contributed by atoms with Gasteiger partial charge in [0, 0.05) is 29.4 Å². The largest absolute Gasteiger partial charge is 0.465 e. The number of carbonyl (C=O) groups excluding carboxylic acids is 1. The van der Waals surface area contributed by atoms with Crippen LogP contribution in [-0.4, -0.2) is 22.6 Å². The second-order valence-corrected chi connectivity index (χ2v) is 5.93. The van der Waals surface area contributed by atoms with Crippen molar-refractivity contribution < 1.29 is 14.5 Å². The lowest BCUT2D eigenvalue weighted by atomic mass is 9.98. The monoisotopic (exact) mass is 352 g/mol. The summed E-state index contributed by atoms with van der Waals surface area (Å²) in [6, 6.07) is 9.23. The van der Waals surface area contributed by atoms with E-state index in [0.29, 0.717) is 16.5 Å². The minimum Gasteiger partial charge on any atom is -0.465 e. The van der Waals surface area contributed by atoms with Crippen LogP contribution in [0, 0.1) is 24.0 Å². The lowest BCUT2D eigenvalue weighted by Crippen LogP contribution is -2.22. The summed E-state index contributed by atoms with van der Waals surface area (Å²) in [6.45, 7) is 3.62. The van der Waals surface area contributed by atoms with Crippen molar-refractivity contribution in [1.29, 1.82) is 0 Å². The molecule has 0 bridgehead atoms. The Morgan fingerprint density at radius 2 is 1.62 bits per heavy atom. The topological polar surface area (TPSA) is 91.4 Å². The fraction of sp³-hybridized carbons (Fsp3) is 0.158. The molecule has 0 spiro atoms. The van der Waals surface area contributed by atoms with Gasteiger partial charge in [-0.15, -0.1) is 0 Å². The molecule has 0 aliphatic heterocycles. The van der Waals surface area contributed by atoms with Gasteiger partial charge in [0.2, 0.25) is 0 Å². The molecule has 0 saturated heterocycles. The molecule has 0 saturated carbocycles. The van der Waals surface area contributed by atoms with Crippen molar-refractivity contribution in [2.24, 2.45) is 0 Å². The van der Waals surface area contributed by atoms with Crippen LogP contribution in [0.25, 0.3) is 16.5 Å². The highest BCUT2D eigenvalue weighted by Crippen LogP contribution is 2.25. The molecule has 132 valence electrons. The number of hydrogen-bond donors (Lipinski definition) is 0. The van der Waals surface area contributed by atoms with Gasteiger partial charge in [-0.2, -0.15) is 0 Å². The average Bonchev–Trinajstić information content (AvgIpc) is 2.64. The number of ether oxygens (including phenoxy) is 1.